The van der Waals surface area contributed by atoms with E-state index in [1.165, 1.54) is 9.87 Å². The number of benzene rings is 1. The van der Waals surface area contributed by atoms with Crippen molar-refractivity contribution in [3.63, 3.8) is 0 Å². The van der Waals surface area contributed by atoms with Gasteiger partial charge in [-0.05, 0) is 31.4 Å². The van der Waals surface area contributed by atoms with E-state index in [-0.39, 0.29) is 0 Å². The molecular weight excluding hydrogens is 320 g/mol. The van der Waals surface area contributed by atoms with Crippen LogP contribution < -0.4 is 0 Å². The summed E-state index contributed by atoms with van der Waals surface area (Å²) in [6, 6.07) is 7.99. The Kier molecular flexibility index (Phi) is 4.18. The fourth-order valence-electron chi connectivity index (χ4n) is 3.06. The maximum absolute atomic E-state index is 12.9. The fourth-order valence-corrected chi connectivity index (χ4v) is 6.26. The maximum atomic E-state index is 12.9. The maximum Gasteiger partial charge on any atom is 0.282 e. The second-order valence-corrected chi connectivity index (χ2v) is 10.6. The van der Waals surface area contributed by atoms with Crippen molar-refractivity contribution in [2.75, 3.05) is 25.4 Å². The molecule has 1 saturated heterocycles. The first-order valence-electron chi connectivity index (χ1n) is 7.51. The lowest BCUT2D eigenvalue weighted by atomic mass is 10.0. The van der Waals surface area contributed by atoms with E-state index in [9.17, 15) is 12.6 Å². The second kappa shape index (κ2) is 5.70. The first-order valence-corrected chi connectivity index (χ1v) is 10.2. The summed E-state index contributed by atoms with van der Waals surface area (Å²) in [5, 5.41) is 0. The molecule has 2 aliphatic heterocycles. The van der Waals surface area contributed by atoms with Crippen LogP contribution in [0.3, 0.4) is 0 Å². The van der Waals surface area contributed by atoms with Crippen molar-refractivity contribution in [1.82, 2.24) is 8.61 Å². The normalized spacial score (nSPS) is 26.5. The van der Waals surface area contributed by atoms with Gasteiger partial charge in [0.25, 0.3) is 10.2 Å². The lowest BCUT2D eigenvalue weighted by Gasteiger charge is -2.39. The van der Waals surface area contributed by atoms with Crippen molar-refractivity contribution in [2.45, 2.75) is 31.6 Å². The molecule has 1 unspecified atom stereocenters. The molecule has 0 spiro atoms. The van der Waals surface area contributed by atoms with Crippen LogP contribution in [0.5, 0.6) is 0 Å². The van der Waals surface area contributed by atoms with Gasteiger partial charge < -0.3 is 0 Å². The Morgan fingerprint density at radius 2 is 1.77 bits per heavy atom. The third-order valence-electron chi connectivity index (χ3n) is 4.45. The Hall–Kier alpha value is -0.760. The molecule has 1 aromatic rings. The molecule has 0 radical (unpaired) electrons. The first kappa shape index (κ1) is 16.1. The molecule has 122 valence electrons. The molecule has 2 aliphatic rings. The summed E-state index contributed by atoms with van der Waals surface area (Å²) in [4.78, 5) is 0. The van der Waals surface area contributed by atoms with Crippen molar-refractivity contribution in [3.8, 4) is 0 Å². The largest absolute Gasteiger partial charge is 0.282 e. The van der Waals surface area contributed by atoms with Crippen molar-refractivity contribution in [3.05, 3.63) is 35.4 Å². The van der Waals surface area contributed by atoms with Crippen LogP contribution in [0, 0.1) is 0 Å². The minimum absolute atomic E-state index is 0.320. The van der Waals surface area contributed by atoms with Gasteiger partial charge in [0.2, 0.25) is 0 Å². The number of nitrogens with zero attached hydrogens (tertiary/aromatic N) is 2. The van der Waals surface area contributed by atoms with Crippen LogP contribution in [0.25, 0.3) is 0 Å². The van der Waals surface area contributed by atoms with Gasteiger partial charge in [-0.3, -0.25) is 4.21 Å². The Morgan fingerprint density at radius 3 is 2.45 bits per heavy atom. The third kappa shape index (κ3) is 2.87. The number of fused-ring (bicyclic) bond motifs is 1. The van der Waals surface area contributed by atoms with E-state index in [4.69, 9.17) is 0 Å². The molecule has 0 aliphatic carbocycles. The van der Waals surface area contributed by atoms with E-state index < -0.39 is 25.8 Å². The van der Waals surface area contributed by atoms with Crippen molar-refractivity contribution in [2.24, 2.45) is 0 Å². The molecule has 22 heavy (non-hydrogen) atoms. The van der Waals surface area contributed by atoms with Crippen LogP contribution in [0.15, 0.2) is 24.3 Å². The van der Waals surface area contributed by atoms with Crippen molar-refractivity contribution >= 4 is 21.0 Å². The van der Waals surface area contributed by atoms with Gasteiger partial charge in [0.05, 0.1) is 4.75 Å². The molecule has 1 atom stereocenters. The van der Waals surface area contributed by atoms with Crippen molar-refractivity contribution in [1.29, 1.82) is 0 Å². The van der Waals surface area contributed by atoms with Gasteiger partial charge in [-0.25, -0.2) is 0 Å². The van der Waals surface area contributed by atoms with E-state index in [0.717, 1.165) is 12.0 Å². The van der Waals surface area contributed by atoms with Gasteiger partial charge in [-0.15, -0.1) is 0 Å². The fraction of sp³-hybridized carbons (Fsp3) is 0.600. The van der Waals surface area contributed by atoms with Crippen LogP contribution in [-0.4, -0.2) is 51.4 Å². The van der Waals surface area contributed by atoms with Gasteiger partial charge in [0, 0.05) is 42.7 Å². The minimum Gasteiger partial charge on any atom is -0.259 e. The molecule has 0 amide bonds. The molecule has 1 aromatic carbocycles. The molecule has 1 fully saturated rings. The van der Waals surface area contributed by atoms with Crippen LogP contribution in [0.2, 0.25) is 0 Å². The Balaban J connectivity index is 1.81. The Bertz CT molecular complexity index is 700. The van der Waals surface area contributed by atoms with Crippen LogP contribution in [0.1, 0.15) is 25.0 Å². The van der Waals surface area contributed by atoms with E-state index in [2.05, 4.69) is 6.07 Å². The monoisotopic (exact) mass is 342 g/mol. The molecule has 7 heteroatoms. The molecular formula is C15H22N2O3S2. The molecule has 2 heterocycles. The third-order valence-corrected chi connectivity index (χ3v) is 8.29. The van der Waals surface area contributed by atoms with Crippen LogP contribution >= 0.6 is 0 Å². The molecule has 5 nitrogen and oxygen atoms in total. The van der Waals surface area contributed by atoms with Gasteiger partial charge in [0.15, 0.2) is 0 Å². The number of hydrogen-bond donors (Lipinski definition) is 0. The highest BCUT2D eigenvalue weighted by Gasteiger charge is 2.41. The SMILES string of the molecule is CC1(C)CN(S(=O)(=O)N2CCc3ccccc3C2)CCS1=O. The van der Waals surface area contributed by atoms with Gasteiger partial charge >= 0.3 is 0 Å². The average Bonchev–Trinajstić information content (AvgIpc) is 2.49. The highest BCUT2D eigenvalue weighted by molar-refractivity contribution is 7.88. The van der Waals surface area contributed by atoms with Crippen LogP contribution in [0.4, 0.5) is 0 Å². The number of hydrogen-bond acceptors (Lipinski definition) is 3. The van der Waals surface area contributed by atoms with Crippen molar-refractivity contribution < 1.29 is 12.6 Å². The predicted octanol–water partition coefficient (Wildman–Crippen LogP) is 1.13. The summed E-state index contributed by atoms with van der Waals surface area (Å²) < 4.78 is 40.4. The van der Waals surface area contributed by atoms with E-state index in [1.54, 1.807) is 4.31 Å². The van der Waals surface area contributed by atoms with Gasteiger partial charge in [0.1, 0.15) is 0 Å². The predicted molar refractivity (Wildman–Crippen MR) is 88.1 cm³/mol. The van der Waals surface area contributed by atoms with Crippen LogP contribution in [-0.2, 0) is 34.0 Å². The second-order valence-electron chi connectivity index (χ2n) is 6.50. The molecule has 0 aromatic heterocycles. The Labute approximate surface area is 134 Å². The molecule has 0 N–H and O–H groups in total. The minimum atomic E-state index is -3.49. The van der Waals surface area contributed by atoms with Gasteiger partial charge in [-0.2, -0.15) is 17.0 Å². The molecule has 0 saturated carbocycles. The summed E-state index contributed by atoms with van der Waals surface area (Å²) in [7, 11) is -4.46. The number of rotatable bonds is 2. The molecule has 0 bridgehead atoms. The average molecular weight is 342 g/mol. The zero-order valence-electron chi connectivity index (χ0n) is 13.0. The zero-order chi connectivity index (χ0) is 16.0. The first-order chi connectivity index (χ1) is 10.3. The highest BCUT2D eigenvalue weighted by atomic mass is 32.2. The lowest BCUT2D eigenvalue weighted by molar-refractivity contribution is 0.312. The quantitative estimate of drug-likeness (QED) is 0.810. The summed E-state index contributed by atoms with van der Waals surface area (Å²) in [5.74, 6) is 0.413. The lowest BCUT2D eigenvalue weighted by Crippen LogP contribution is -2.56. The summed E-state index contributed by atoms with van der Waals surface area (Å²) in [6.07, 6.45) is 0.749. The van der Waals surface area contributed by atoms with E-state index in [0.29, 0.717) is 31.9 Å². The molecule has 3 rings (SSSR count). The van der Waals surface area contributed by atoms with E-state index >= 15 is 0 Å². The zero-order valence-corrected chi connectivity index (χ0v) is 14.6. The summed E-state index contributed by atoms with van der Waals surface area (Å²) in [5.41, 5.74) is 2.31. The Morgan fingerprint density at radius 1 is 1.09 bits per heavy atom. The smallest absolute Gasteiger partial charge is 0.259 e. The highest BCUT2D eigenvalue weighted by Crippen LogP contribution is 2.27. The summed E-state index contributed by atoms with van der Waals surface area (Å²) in [6.45, 7) is 5.35. The van der Waals surface area contributed by atoms with Gasteiger partial charge in [-0.1, -0.05) is 24.3 Å². The topological polar surface area (TPSA) is 57.7 Å². The van der Waals surface area contributed by atoms with E-state index in [1.807, 2.05) is 32.0 Å². The standard InChI is InChI=1S/C15H22N2O3S2/c1-15(2)12-17(9-10-21(15)18)22(19,20)16-8-7-13-5-3-4-6-14(13)11-16/h3-6H,7-12H2,1-2H3. The summed E-state index contributed by atoms with van der Waals surface area (Å²) >= 11 is 0.